The predicted molar refractivity (Wildman–Crippen MR) is 110 cm³/mol. The molecule has 1 aromatic heterocycles. The number of hydrogen-bond acceptors (Lipinski definition) is 5. The molecule has 1 N–H and O–H groups in total. The van der Waals surface area contributed by atoms with Crippen LogP contribution in [0.5, 0.6) is 0 Å². The van der Waals surface area contributed by atoms with Crippen LogP contribution in [-0.4, -0.2) is 34.6 Å². The Morgan fingerprint density at radius 2 is 2.00 bits per heavy atom. The summed E-state index contributed by atoms with van der Waals surface area (Å²) in [6, 6.07) is 10.5. The zero-order valence-corrected chi connectivity index (χ0v) is 17.2. The molecule has 1 heterocycles. The van der Waals surface area contributed by atoms with Crippen molar-refractivity contribution in [1.82, 2.24) is 9.88 Å². The molecule has 0 radical (unpaired) electrons. The Labute approximate surface area is 166 Å². The molecule has 136 valence electrons. The first-order valence-electron chi connectivity index (χ1n) is 8.82. The Hall–Kier alpha value is -1.68. The second-order valence-electron chi connectivity index (χ2n) is 6.69. The number of thiazole rings is 1. The molecule has 1 aliphatic rings. The van der Waals surface area contributed by atoms with Crippen molar-refractivity contribution in [3.63, 3.8) is 0 Å². The molecular weight excluding hydrogens is 410 g/mol. The molecule has 3 rings (SSSR count). The molecule has 6 heteroatoms. The van der Waals surface area contributed by atoms with Crippen LogP contribution in [0.2, 0.25) is 0 Å². The van der Waals surface area contributed by atoms with Gasteiger partial charge in [-0.1, -0.05) is 47.3 Å². The van der Waals surface area contributed by atoms with Crippen LogP contribution in [0.1, 0.15) is 37.1 Å². The van der Waals surface area contributed by atoms with Gasteiger partial charge in [0.15, 0.2) is 0 Å². The molecule has 2 aromatic rings. The number of likely N-dealkylation sites (N-methyl/N-ethyl adjacent to an activating group) is 1. The zero-order valence-electron chi connectivity index (χ0n) is 14.8. The maximum atomic E-state index is 10.6. The van der Waals surface area contributed by atoms with Crippen LogP contribution in [0.15, 0.2) is 39.9 Å². The number of hydrogen-bond donors (Lipinski definition) is 1. The van der Waals surface area contributed by atoms with Gasteiger partial charge in [0.25, 0.3) is 0 Å². The van der Waals surface area contributed by atoms with Gasteiger partial charge in [-0.3, -0.25) is 4.90 Å². The number of aromatic nitrogens is 1. The number of aliphatic hydroxyl groups excluding tert-OH is 1. The standard InChI is InChI=1S/C20H22BrN3OS/c1-24(16-5-3-2-4-6-16)12-19(25)17(11-22)20-23-18(13-26-20)14-7-9-15(21)10-8-14/h7-10,13,16,25H,2-6,12H2,1H3/b19-17+. The van der Waals surface area contributed by atoms with Crippen LogP contribution in [0.4, 0.5) is 0 Å². The summed E-state index contributed by atoms with van der Waals surface area (Å²) >= 11 is 4.82. The van der Waals surface area contributed by atoms with Gasteiger partial charge < -0.3 is 5.11 Å². The van der Waals surface area contributed by atoms with Crippen molar-refractivity contribution in [3.05, 3.63) is 44.9 Å². The van der Waals surface area contributed by atoms with Crippen molar-refractivity contribution >= 4 is 32.8 Å². The van der Waals surface area contributed by atoms with Crippen molar-refractivity contribution in [3.8, 4) is 17.3 Å². The normalized spacial score (nSPS) is 16.4. The molecule has 0 bridgehead atoms. The highest BCUT2D eigenvalue weighted by molar-refractivity contribution is 9.10. The topological polar surface area (TPSA) is 60.1 Å². The van der Waals surface area contributed by atoms with Crippen molar-refractivity contribution in [1.29, 1.82) is 5.26 Å². The van der Waals surface area contributed by atoms with E-state index in [0.717, 1.165) is 28.6 Å². The van der Waals surface area contributed by atoms with Crippen LogP contribution in [0.3, 0.4) is 0 Å². The summed E-state index contributed by atoms with van der Waals surface area (Å²) in [7, 11) is 2.02. The second kappa shape index (κ2) is 8.81. The van der Waals surface area contributed by atoms with E-state index in [9.17, 15) is 10.4 Å². The van der Waals surface area contributed by atoms with Crippen LogP contribution < -0.4 is 0 Å². The summed E-state index contributed by atoms with van der Waals surface area (Å²) in [5.74, 6) is 0.109. The largest absolute Gasteiger partial charge is 0.509 e. The van der Waals surface area contributed by atoms with Gasteiger partial charge in [-0.2, -0.15) is 5.26 Å². The summed E-state index contributed by atoms with van der Waals surface area (Å²) in [4.78, 5) is 6.73. The Kier molecular flexibility index (Phi) is 6.47. The lowest BCUT2D eigenvalue weighted by atomic mass is 9.94. The molecule has 0 unspecified atom stereocenters. The van der Waals surface area contributed by atoms with Gasteiger partial charge in [-0.15, -0.1) is 11.3 Å². The van der Waals surface area contributed by atoms with Gasteiger partial charge in [0, 0.05) is 21.5 Å². The lowest BCUT2D eigenvalue weighted by molar-refractivity contribution is 0.184. The van der Waals surface area contributed by atoms with E-state index in [0.29, 0.717) is 17.6 Å². The summed E-state index contributed by atoms with van der Waals surface area (Å²) in [5, 5.41) is 22.6. The molecule has 0 saturated heterocycles. The third-order valence-corrected chi connectivity index (χ3v) is 6.24. The average Bonchev–Trinajstić information content (AvgIpc) is 3.13. The number of halogens is 1. The third-order valence-electron chi connectivity index (χ3n) is 4.86. The zero-order chi connectivity index (χ0) is 18.5. The van der Waals surface area contributed by atoms with Gasteiger partial charge in [0.2, 0.25) is 0 Å². The molecule has 0 aliphatic heterocycles. The van der Waals surface area contributed by atoms with Crippen LogP contribution in [-0.2, 0) is 0 Å². The summed E-state index contributed by atoms with van der Waals surface area (Å²) in [6.45, 7) is 0.390. The molecule has 1 fully saturated rings. The van der Waals surface area contributed by atoms with Crippen molar-refractivity contribution in [2.45, 2.75) is 38.1 Å². The van der Waals surface area contributed by atoms with Crippen LogP contribution in [0, 0.1) is 11.3 Å². The summed E-state index contributed by atoms with van der Waals surface area (Å²) in [5.41, 5.74) is 2.09. The third kappa shape index (κ3) is 4.53. The van der Waals surface area contributed by atoms with E-state index >= 15 is 0 Å². The maximum absolute atomic E-state index is 10.6. The molecule has 0 atom stereocenters. The minimum Gasteiger partial charge on any atom is -0.509 e. The van der Waals surface area contributed by atoms with Gasteiger partial charge in [0.1, 0.15) is 22.4 Å². The smallest absolute Gasteiger partial charge is 0.138 e. The molecule has 1 aromatic carbocycles. The number of allylic oxidation sites excluding steroid dienone is 1. The fourth-order valence-electron chi connectivity index (χ4n) is 3.34. The Bertz CT molecular complexity index is 816. The summed E-state index contributed by atoms with van der Waals surface area (Å²) < 4.78 is 1.01. The quantitative estimate of drug-likeness (QED) is 0.492. The van der Waals surface area contributed by atoms with Gasteiger partial charge in [-0.05, 0) is 32.0 Å². The van der Waals surface area contributed by atoms with E-state index < -0.39 is 0 Å². The second-order valence-corrected chi connectivity index (χ2v) is 8.46. The van der Waals surface area contributed by atoms with E-state index in [-0.39, 0.29) is 11.3 Å². The van der Waals surface area contributed by atoms with E-state index in [2.05, 4.69) is 31.9 Å². The predicted octanol–water partition coefficient (Wildman–Crippen LogP) is 5.63. The number of rotatable bonds is 5. The highest BCUT2D eigenvalue weighted by atomic mass is 79.9. The highest BCUT2D eigenvalue weighted by Crippen LogP contribution is 2.29. The molecule has 1 saturated carbocycles. The maximum Gasteiger partial charge on any atom is 0.138 e. The monoisotopic (exact) mass is 431 g/mol. The van der Waals surface area contributed by atoms with Crippen molar-refractivity contribution in [2.75, 3.05) is 13.6 Å². The number of nitriles is 1. The number of nitrogens with zero attached hydrogens (tertiary/aromatic N) is 3. The van der Waals surface area contributed by atoms with Gasteiger partial charge in [-0.25, -0.2) is 4.98 Å². The molecule has 1 aliphatic carbocycles. The molecule has 0 amide bonds. The number of benzene rings is 1. The first-order valence-corrected chi connectivity index (χ1v) is 10.5. The fourth-order valence-corrected chi connectivity index (χ4v) is 4.45. The first kappa shape index (κ1) is 19.1. The van der Waals surface area contributed by atoms with E-state index in [1.807, 2.05) is 36.7 Å². The van der Waals surface area contributed by atoms with E-state index in [1.165, 1.54) is 30.6 Å². The van der Waals surface area contributed by atoms with Crippen LogP contribution in [0.25, 0.3) is 16.8 Å². The average molecular weight is 432 g/mol. The van der Waals surface area contributed by atoms with E-state index in [4.69, 9.17) is 0 Å². The molecule has 4 nitrogen and oxygen atoms in total. The Balaban J connectivity index is 1.78. The number of aliphatic hydroxyl groups is 1. The van der Waals surface area contributed by atoms with Gasteiger partial charge in [0.05, 0.1) is 12.2 Å². The lowest BCUT2D eigenvalue weighted by Gasteiger charge is -2.30. The Morgan fingerprint density at radius 3 is 2.65 bits per heavy atom. The lowest BCUT2D eigenvalue weighted by Crippen LogP contribution is -2.35. The SMILES string of the molecule is CN(C/C(O)=C(/C#N)c1nc(-c2ccc(Br)cc2)cs1)C1CCCCC1. The molecule has 26 heavy (non-hydrogen) atoms. The Morgan fingerprint density at radius 1 is 1.31 bits per heavy atom. The van der Waals surface area contributed by atoms with Crippen molar-refractivity contribution in [2.24, 2.45) is 0 Å². The van der Waals surface area contributed by atoms with E-state index in [1.54, 1.807) is 0 Å². The molecular formula is C20H22BrN3OS. The van der Waals surface area contributed by atoms with Crippen LogP contribution >= 0.6 is 27.3 Å². The minimum absolute atomic E-state index is 0.109. The summed E-state index contributed by atoms with van der Waals surface area (Å²) in [6.07, 6.45) is 6.11. The van der Waals surface area contributed by atoms with Crippen molar-refractivity contribution < 1.29 is 5.11 Å². The minimum atomic E-state index is 0.109. The first-order chi connectivity index (χ1) is 12.6. The molecule has 0 spiro atoms. The fraction of sp³-hybridized carbons (Fsp3) is 0.400. The van der Waals surface area contributed by atoms with Gasteiger partial charge >= 0.3 is 0 Å². The highest BCUT2D eigenvalue weighted by Gasteiger charge is 2.21.